The molecule has 3 N–H and O–H groups in total. The molecule has 0 unspecified atom stereocenters. The summed E-state index contributed by atoms with van der Waals surface area (Å²) in [6.07, 6.45) is 0.704. The lowest BCUT2D eigenvalue weighted by Crippen LogP contribution is -2.09. The van der Waals surface area contributed by atoms with Crippen LogP contribution in [0.2, 0.25) is 0 Å². The van der Waals surface area contributed by atoms with Crippen LogP contribution >= 0.6 is 0 Å². The monoisotopic (exact) mass is 304 g/mol. The summed E-state index contributed by atoms with van der Waals surface area (Å²) in [4.78, 5) is 11.2. The number of benzene rings is 3. The third kappa shape index (κ3) is 2.55. The fourth-order valence-electron chi connectivity index (χ4n) is 2.67. The van der Waals surface area contributed by atoms with Gasteiger partial charge in [-0.05, 0) is 29.0 Å². The van der Waals surface area contributed by atoms with Crippen LogP contribution in [0, 0.1) is 5.41 Å². The van der Waals surface area contributed by atoms with Crippen molar-refractivity contribution < 1.29 is 9.53 Å². The molecule has 0 amide bonds. The third-order valence-corrected chi connectivity index (χ3v) is 3.84. The molecule has 0 radical (unpaired) electrons. The van der Waals surface area contributed by atoms with E-state index in [-0.39, 0.29) is 5.71 Å². The molecule has 0 aromatic heterocycles. The van der Waals surface area contributed by atoms with E-state index in [0.29, 0.717) is 28.8 Å². The minimum atomic E-state index is 0.230. The molecule has 0 aliphatic heterocycles. The van der Waals surface area contributed by atoms with Gasteiger partial charge in [0.1, 0.15) is 5.75 Å². The van der Waals surface area contributed by atoms with Gasteiger partial charge < -0.3 is 10.5 Å². The lowest BCUT2D eigenvalue weighted by molar-refractivity contribution is 0.112. The Labute approximate surface area is 134 Å². The minimum Gasteiger partial charge on any atom is -0.495 e. The number of methoxy groups -OCH3 is 1. The summed E-state index contributed by atoms with van der Waals surface area (Å²) >= 11 is 0. The summed E-state index contributed by atoms with van der Waals surface area (Å²) < 4.78 is 5.33. The van der Waals surface area contributed by atoms with E-state index in [1.165, 1.54) is 7.11 Å². The number of carbonyl (C=O) groups is 1. The zero-order valence-electron chi connectivity index (χ0n) is 12.7. The van der Waals surface area contributed by atoms with Crippen LogP contribution in [0.5, 0.6) is 5.75 Å². The molecule has 0 saturated carbocycles. The van der Waals surface area contributed by atoms with Crippen molar-refractivity contribution in [2.75, 3.05) is 12.8 Å². The molecule has 0 bridgehead atoms. The first-order valence-corrected chi connectivity index (χ1v) is 7.15. The number of nitrogen functional groups attached to an aromatic ring is 1. The van der Waals surface area contributed by atoms with E-state index in [1.54, 1.807) is 12.1 Å². The summed E-state index contributed by atoms with van der Waals surface area (Å²) in [5, 5.41) is 10.7. The van der Waals surface area contributed by atoms with Gasteiger partial charge in [0.15, 0.2) is 6.29 Å². The SMILES string of the molecule is COc1c(C=O)ccc(N)c1C(=N)c1ccc2ccccc2c1. The molecular weight excluding hydrogens is 288 g/mol. The van der Waals surface area contributed by atoms with Crippen LogP contribution in [0.25, 0.3) is 10.8 Å². The maximum absolute atomic E-state index is 11.2. The lowest BCUT2D eigenvalue weighted by atomic mass is 9.96. The Kier molecular flexibility index (Phi) is 3.81. The first kappa shape index (κ1) is 14.8. The highest BCUT2D eigenvalue weighted by Crippen LogP contribution is 2.31. The Bertz CT molecular complexity index is 916. The quantitative estimate of drug-likeness (QED) is 0.439. The molecule has 0 saturated heterocycles. The fourth-order valence-corrected chi connectivity index (χ4v) is 2.67. The second-order valence-electron chi connectivity index (χ2n) is 5.21. The van der Waals surface area contributed by atoms with Crippen molar-refractivity contribution in [1.82, 2.24) is 0 Å². The molecule has 0 fully saturated rings. The summed E-state index contributed by atoms with van der Waals surface area (Å²) in [5.41, 5.74) is 8.21. The number of fused-ring (bicyclic) bond motifs is 1. The van der Waals surface area contributed by atoms with Gasteiger partial charge in [0.2, 0.25) is 0 Å². The first-order valence-electron chi connectivity index (χ1n) is 7.15. The van der Waals surface area contributed by atoms with Gasteiger partial charge in [-0.2, -0.15) is 0 Å². The highest BCUT2D eigenvalue weighted by Gasteiger charge is 2.18. The predicted molar refractivity (Wildman–Crippen MR) is 92.7 cm³/mol. The normalized spacial score (nSPS) is 10.5. The maximum atomic E-state index is 11.2. The number of rotatable bonds is 4. The zero-order valence-corrected chi connectivity index (χ0v) is 12.7. The second-order valence-corrected chi connectivity index (χ2v) is 5.21. The van der Waals surface area contributed by atoms with Crippen LogP contribution in [-0.2, 0) is 0 Å². The molecule has 4 nitrogen and oxygen atoms in total. The fraction of sp³-hybridized carbons (Fsp3) is 0.0526. The number of nitrogens with two attached hydrogens (primary N) is 1. The molecule has 23 heavy (non-hydrogen) atoms. The number of anilines is 1. The van der Waals surface area contributed by atoms with Crippen molar-refractivity contribution in [3.05, 3.63) is 71.3 Å². The number of hydrogen-bond donors (Lipinski definition) is 2. The first-order chi connectivity index (χ1) is 11.2. The third-order valence-electron chi connectivity index (χ3n) is 3.84. The second kappa shape index (κ2) is 5.93. The molecule has 114 valence electrons. The summed E-state index contributed by atoms with van der Waals surface area (Å²) in [6, 6.07) is 16.9. The van der Waals surface area contributed by atoms with E-state index in [1.807, 2.05) is 42.5 Å². The lowest BCUT2D eigenvalue weighted by Gasteiger charge is -2.15. The van der Waals surface area contributed by atoms with Crippen LogP contribution in [-0.4, -0.2) is 19.1 Å². The zero-order chi connectivity index (χ0) is 16.4. The molecule has 4 heteroatoms. The maximum Gasteiger partial charge on any atom is 0.153 e. The molecule has 3 rings (SSSR count). The van der Waals surface area contributed by atoms with Gasteiger partial charge in [-0.3, -0.25) is 10.2 Å². The summed E-state index contributed by atoms with van der Waals surface area (Å²) in [6.45, 7) is 0. The highest BCUT2D eigenvalue weighted by molar-refractivity contribution is 6.17. The van der Waals surface area contributed by atoms with Gasteiger partial charge in [0, 0.05) is 11.3 Å². The predicted octanol–water partition coefficient (Wildman–Crippen LogP) is 3.66. The van der Waals surface area contributed by atoms with Crippen molar-refractivity contribution in [3.63, 3.8) is 0 Å². The van der Waals surface area contributed by atoms with Crippen LogP contribution in [0.3, 0.4) is 0 Å². The average Bonchev–Trinajstić information content (AvgIpc) is 2.60. The van der Waals surface area contributed by atoms with Crippen molar-refractivity contribution >= 4 is 28.5 Å². The van der Waals surface area contributed by atoms with E-state index in [9.17, 15) is 4.79 Å². The van der Waals surface area contributed by atoms with Crippen molar-refractivity contribution in [1.29, 1.82) is 5.41 Å². The van der Waals surface area contributed by atoms with Gasteiger partial charge in [-0.1, -0.05) is 36.4 Å². The van der Waals surface area contributed by atoms with Gasteiger partial charge in [0.25, 0.3) is 0 Å². The standard InChI is InChI=1S/C19H16N2O2/c1-23-19-15(11-22)8-9-16(20)17(19)18(21)14-7-6-12-4-2-3-5-13(12)10-14/h2-11,21H,20H2,1H3. The summed E-state index contributed by atoms with van der Waals surface area (Å²) in [7, 11) is 1.47. The molecule has 3 aromatic carbocycles. The molecule has 0 spiro atoms. The Hall–Kier alpha value is -3.14. The molecule has 0 aliphatic rings. The Morgan fingerprint density at radius 1 is 1.09 bits per heavy atom. The Morgan fingerprint density at radius 2 is 1.83 bits per heavy atom. The van der Waals surface area contributed by atoms with Crippen LogP contribution in [0.1, 0.15) is 21.5 Å². The minimum absolute atomic E-state index is 0.230. The molecule has 0 aliphatic carbocycles. The van der Waals surface area contributed by atoms with Crippen LogP contribution < -0.4 is 10.5 Å². The van der Waals surface area contributed by atoms with Gasteiger partial charge >= 0.3 is 0 Å². The smallest absolute Gasteiger partial charge is 0.153 e. The molecule has 3 aromatic rings. The van der Waals surface area contributed by atoms with Crippen LogP contribution in [0.4, 0.5) is 5.69 Å². The number of ether oxygens (including phenoxy) is 1. The van der Waals surface area contributed by atoms with E-state index >= 15 is 0 Å². The number of carbonyl (C=O) groups excluding carboxylic acids is 1. The number of hydrogen-bond acceptors (Lipinski definition) is 4. The van der Waals surface area contributed by atoms with Gasteiger partial charge in [0.05, 0.1) is 23.9 Å². The topological polar surface area (TPSA) is 76.2 Å². The highest BCUT2D eigenvalue weighted by atomic mass is 16.5. The van der Waals surface area contributed by atoms with E-state index in [4.69, 9.17) is 15.9 Å². The molecule has 0 atom stereocenters. The number of aldehydes is 1. The van der Waals surface area contributed by atoms with Gasteiger partial charge in [-0.25, -0.2) is 0 Å². The Morgan fingerprint density at radius 3 is 2.52 bits per heavy atom. The number of nitrogens with one attached hydrogen (secondary N) is 1. The molecule has 0 heterocycles. The van der Waals surface area contributed by atoms with Crippen LogP contribution in [0.15, 0.2) is 54.6 Å². The van der Waals surface area contributed by atoms with E-state index < -0.39 is 0 Å². The largest absolute Gasteiger partial charge is 0.495 e. The van der Waals surface area contributed by atoms with Crippen molar-refractivity contribution in [3.8, 4) is 5.75 Å². The van der Waals surface area contributed by atoms with E-state index in [2.05, 4.69) is 0 Å². The van der Waals surface area contributed by atoms with E-state index in [0.717, 1.165) is 16.3 Å². The van der Waals surface area contributed by atoms with Crippen molar-refractivity contribution in [2.24, 2.45) is 0 Å². The van der Waals surface area contributed by atoms with Crippen molar-refractivity contribution in [2.45, 2.75) is 0 Å². The average molecular weight is 304 g/mol. The van der Waals surface area contributed by atoms with Gasteiger partial charge in [-0.15, -0.1) is 0 Å². The Balaban J connectivity index is 2.17. The molecular formula is C19H16N2O2. The summed E-state index contributed by atoms with van der Waals surface area (Å²) in [5.74, 6) is 0.332.